The lowest BCUT2D eigenvalue weighted by atomic mass is 9.90. The van der Waals surface area contributed by atoms with Gasteiger partial charge >= 0.3 is 0 Å². The van der Waals surface area contributed by atoms with E-state index in [0.29, 0.717) is 25.7 Å². The van der Waals surface area contributed by atoms with Gasteiger partial charge in [-0.1, -0.05) is 12.2 Å². The van der Waals surface area contributed by atoms with E-state index in [-0.39, 0.29) is 24.8 Å². The Morgan fingerprint density at radius 2 is 1.95 bits per heavy atom. The van der Waals surface area contributed by atoms with Crippen LogP contribution in [0.1, 0.15) is 23.1 Å². The molecular formula is C17H21NO3. The summed E-state index contributed by atoms with van der Waals surface area (Å²) in [6.07, 6.45) is 5.57. The minimum absolute atomic E-state index is 0.0105. The summed E-state index contributed by atoms with van der Waals surface area (Å²) in [5.74, 6) is 0.281. The van der Waals surface area contributed by atoms with E-state index in [9.17, 15) is 15.0 Å². The largest absolute Gasteiger partial charge is 0.507 e. The summed E-state index contributed by atoms with van der Waals surface area (Å²) in [5, 5.41) is 19.6. The minimum atomic E-state index is -0.0837. The van der Waals surface area contributed by atoms with Gasteiger partial charge in [-0.15, -0.1) is 13.2 Å². The molecule has 0 atom stereocenters. The van der Waals surface area contributed by atoms with Crippen molar-refractivity contribution in [3.63, 3.8) is 0 Å². The van der Waals surface area contributed by atoms with Crippen molar-refractivity contribution in [1.29, 1.82) is 0 Å². The number of β-amino-alcohol motifs (C(OH)–C–C–N with tert-alkyl or cyclic N) is 1. The van der Waals surface area contributed by atoms with Crippen LogP contribution in [0.3, 0.4) is 0 Å². The van der Waals surface area contributed by atoms with E-state index in [0.717, 1.165) is 22.4 Å². The second-order valence-corrected chi connectivity index (χ2v) is 5.12. The summed E-state index contributed by atoms with van der Waals surface area (Å²) in [6, 6.07) is 1.84. The van der Waals surface area contributed by atoms with Gasteiger partial charge in [0.15, 0.2) is 0 Å². The van der Waals surface area contributed by atoms with E-state index in [1.54, 1.807) is 17.1 Å². The predicted molar refractivity (Wildman–Crippen MR) is 83.7 cm³/mol. The molecule has 0 saturated carbocycles. The van der Waals surface area contributed by atoms with Gasteiger partial charge in [-0.25, -0.2) is 0 Å². The maximum atomic E-state index is 12.1. The topological polar surface area (TPSA) is 60.8 Å². The molecule has 0 spiro atoms. The number of fused-ring (bicyclic) bond motifs is 1. The number of aliphatic hydroxyl groups excluding tert-OH is 1. The summed E-state index contributed by atoms with van der Waals surface area (Å²) in [7, 11) is 0. The number of hydrogen-bond donors (Lipinski definition) is 2. The Kier molecular flexibility index (Phi) is 4.81. The number of anilines is 1. The highest BCUT2D eigenvalue weighted by atomic mass is 16.3. The van der Waals surface area contributed by atoms with Crippen LogP contribution >= 0.6 is 0 Å². The Hall–Kier alpha value is -2.07. The van der Waals surface area contributed by atoms with Crippen molar-refractivity contribution >= 4 is 11.6 Å². The predicted octanol–water partition coefficient (Wildman–Crippen LogP) is 2.12. The van der Waals surface area contributed by atoms with Crippen molar-refractivity contribution in [3.05, 3.63) is 48.1 Å². The van der Waals surface area contributed by atoms with Crippen LogP contribution < -0.4 is 4.90 Å². The zero-order chi connectivity index (χ0) is 15.4. The number of hydrogen-bond acceptors (Lipinski definition) is 3. The molecule has 4 heteroatoms. The lowest BCUT2D eigenvalue weighted by molar-refractivity contribution is -0.119. The second-order valence-electron chi connectivity index (χ2n) is 5.12. The molecule has 0 radical (unpaired) electrons. The number of phenolic OH excluding ortho intramolecular Hbond substituents is 1. The first-order valence-corrected chi connectivity index (χ1v) is 7.13. The van der Waals surface area contributed by atoms with Crippen LogP contribution in [-0.4, -0.2) is 29.3 Å². The lowest BCUT2D eigenvalue weighted by Gasteiger charge is -2.31. The zero-order valence-electron chi connectivity index (χ0n) is 12.1. The Morgan fingerprint density at radius 3 is 2.57 bits per heavy atom. The van der Waals surface area contributed by atoms with Crippen molar-refractivity contribution in [3.8, 4) is 5.75 Å². The van der Waals surface area contributed by atoms with Crippen LogP contribution in [0.5, 0.6) is 5.75 Å². The third-order valence-electron chi connectivity index (χ3n) is 3.79. The summed E-state index contributed by atoms with van der Waals surface area (Å²) in [5.41, 5.74) is 3.35. The highest BCUT2D eigenvalue weighted by Crippen LogP contribution is 2.38. The molecular weight excluding hydrogens is 266 g/mol. The third-order valence-corrected chi connectivity index (χ3v) is 3.79. The number of amides is 1. The highest BCUT2D eigenvalue weighted by Gasteiger charge is 2.28. The molecule has 2 N–H and O–H groups in total. The van der Waals surface area contributed by atoms with Crippen molar-refractivity contribution in [2.24, 2.45) is 0 Å². The maximum absolute atomic E-state index is 12.1. The Morgan fingerprint density at radius 1 is 1.24 bits per heavy atom. The number of carbonyl (C=O) groups excluding carboxylic acids is 1. The molecule has 1 aromatic carbocycles. The minimum Gasteiger partial charge on any atom is -0.507 e. The molecule has 0 unspecified atom stereocenters. The fourth-order valence-electron chi connectivity index (χ4n) is 2.85. The van der Waals surface area contributed by atoms with Crippen LogP contribution in [0, 0.1) is 0 Å². The van der Waals surface area contributed by atoms with E-state index in [4.69, 9.17) is 0 Å². The third kappa shape index (κ3) is 2.85. The van der Waals surface area contributed by atoms with E-state index in [2.05, 4.69) is 13.2 Å². The maximum Gasteiger partial charge on any atom is 0.227 e. The quantitative estimate of drug-likeness (QED) is 0.788. The highest BCUT2D eigenvalue weighted by molar-refractivity contribution is 5.97. The van der Waals surface area contributed by atoms with Crippen molar-refractivity contribution in [2.45, 2.75) is 25.7 Å². The number of nitrogens with zero attached hydrogens (tertiary/aromatic N) is 1. The molecule has 0 bridgehead atoms. The first-order chi connectivity index (χ1) is 10.1. The number of phenols is 1. The zero-order valence-corrected chi connectivity index (χ0v) is 12.1. The molecule has 1 heterocycles. The first kappa shape index (κ1) is 15.3. The van der Waals surface area contributed by atoms with Crippen LogP contribution in [-0.2, 0) is 24.1 Å². The van der Waals surface area contributed by atoms with Crippen LogP contribution in [0.25, 0.3) is 0 Å². The summed E-state index contributed by atoms with van der Waals surface area (Å²) in [6.45, 7) is 7.64. The molecule has 1 amide bonds. The molecule has 0 aliphatic carbocycles. The van der Waals surface area contributed by atoms with Crippen molar-refractivity contribution in [2.75, 3.05) is 18.1 Å². The lowest BCUT2D eigenvalue weighted by Crippen LogP contribution is -2.37. The van der Waals surface area contributed by atoms with Gasteiger partial charge in [-0.2, -0.15) is 0 Å². The number of benzene rings is 1. The van der Waals surface area contributed by atoms with Crippen LogP contribution in [0.15, 0.2) is 31.4 Å². The van der Waals surface area contributed by atoms with Gasteiger partial charge in [-0.3, -0.25) is 4.79 Å². The average Bonchev–Trinajstić information content (AvgIpc) is 2.47. The van der Waals surface area contributed by atoms with Crippen LogP contribution in [0.4, 0.5) is 5.69 Å². The number of aromatic hydroxyl groups is 1. The monoisotopic (exact) mass is 287 g/mol. The summed E-state index contributed by atoms with van der Waals surface area (Å²) < 4.78 is 0. The number of carbonyl (C=O) groups is 1. The molecule has 2 rings (SSSR count). The standard InChI is InChI=1S/C17H21NO3/c1-3-5-12-11-15-13(14(6-4-2)17(12)21)7-8-16(20)18(15)9-10-19/h3-4,11,19,21H,1-2,5-10H2. The fourth-order valence-corrected chi connectivity index (χ4v) is 2.85. The number of allylic oxidation sites excluding steroid dienone is 2. The Bertz CT molecular complexity index is 578. The van der Waals surface area contributed by atoms with E-state index < -0.39 is 0 Å². The SMILES string of the molecule is C=CCc1cc2c(c(CC=C)c1O)CCC(=O)N2CCO. The van der Waals surface area contributed by atoms with E-state index in [1.807, 2.05) is 6.07 Å². The molecule has 1 aliphatic rings. The Balaban J connectivity index is 2.62. The number of rotatable bonds is 6. The molecule has 4 nitrogen and oxygen atoms in total. The van der Waals surface area contributed by atoms with Crippen molar-refractivity contribution in [1.82, 2.24) is 0 Å². The van der Waals surface area contributed by atoms with E-state index in [1.165, 1.54) is 0 Å². The van der Waals surface area contributed by atoms with Gasteiger partial charge in [0.05, 0.1) is 6.61 Å². The Labute approximate surface area is 125 Å². The fraction of sp³-hybridized carbons (Fsp3) is 0.353. The van der Waals surface area contributed by atoms with Crippen LogP contribution in [0.2, 0.25) is 0 Å². The molecule has 0 fully saturated rings. The molecule has 21 heavy (non-hydrogen) atoms. The average molecular weight is 287 g/mol. The molecule has 0 aromatic heterocycles. The van der Waals surface area contributed by atoms with E-state index >= 15 is 0 Å². The van der Waals surface area contributed by atoms with Crippen molar-refractivity contribution < 1.29 is 15.0 Å². The van der Waals surface area contributed by atoms with Gasteiger partial charge in [-0.05, 0) is 36.5 Å². The second kappa shape index (κ2) is 6.59. The van der Waals surface area contributed by atoms with Gasteiger partial charge < -0.3 is 15.1 Å². The molecule has 1 aromatic rings. The van der Waals surface area contributed by atoms with Gasteiger partial charge in [0.2, 0.25) is 5.91 Å². The van der Waals surface area contributed by atoms with Gasteiger partial charge in [0.1, 0.15) is 5.75 Å². The summed E-state index contributed by atoms with van der Waals surface area (Å²) in [4.78, 5) is 13.7. The smallest absolute Gasteiger partial charge is 0.227 e. The first-order valence-electron chi connectivity index (χ1n) is 7.13. The van der Waals surface area contributed by atoms with Gasteiger partial charge in [0.25, 0.3) is 0 Å². The van der Waals surface area contributed by atoms with Gasteiger partial charge in [0, 0.05) is 24.2 Å². The number of aliphatic hydroxyl groups is 1. The molecule has 112 valence electrons. The summed E-state index contributed by atoms with van der Waals surface area (Å²) >= 11 is 0. The molecule has 0 saturated heterocycles. The molecule has 1 aliphatic heterocycles. The normalized spacial score (nSPS) is 14.0.